The Labute approximate surface area is 107 Å². The van der Waals surface area contributed by atoms with Gasteiger partial charge >= 0.3 is 0 Å². The van der Waals surface area contributed by atoms with Crippen molar-refractivity contribution in [3.8, 4) is 0 Å². The summed E-state index contributed by atoms with van der Waals surface area (Å²) in [5.41, 5.74) is 5.36. The highest BCUT2D eigenvalue weighted by molar-refractivity contribution is 7.99. The lowest BCUT2D eigenvalue weighted by Gasteiger charge is -2.17. The summed E-state index contributed by atoms with van der Waals surface area (Å²) >= 11 is 6.50. The van der Waals surface area contributed by atoms with Gasteiger partial charge in [0.25, 0.3) is 0 Å². The van der Waals surface area contributed by atoms with Crippen LogP contribution in [-0.4, -0.2) is 36.2 Å². The van der Waals surface area contributed by atoms with Crippen LogP contribution in [-0.2, 0) is 10.0 Å². The number of thiocarbonyl (C=S) groups is 1. The number of hydrogen-bond donors (Lipinski definition) is 2. The molecule has 16 heavy (non-hydrogen) atoms. The summed E-state index contributed by atoms with van der Waals surface area (Å²) in [5.74, 6) is 0. The number of rotatable bonds is 5. The zero-order valence-corrected chi connectivity index (χ0v) is 11.9. The molecular formula is C9H18N2O2S3. The quantitative estimate of drug-likeness (QED) is 0.732. The Morgan fingerprint density at radius 3 is 2.62 bits per heavy atom. The van der Waals surface area contributed by atoms with E-state index in [4.69, 9.17) is 18.0 Å². The fourth-order valence-electron chi connectivity index (χ4n) is 1.75. The molecule has 3 N–H and O–H groups in total. The van der Waals surface area contributed by atoms with Crippen molar-refractivity contribution < 1.29 is 8.42 Å². The number of nitrogens with two attached hydrogens (primary N) is 1. The van der Waals surface area contributed by atoms with E-state index in [9.17, 15) is 8.42 Å². The first-order valence-corrected chi connectivity index (χ1v) is 8.44. The molecule has 7 heteroatoms. The van der Waals surface area contributed by atoms with Gasteiger partial charge in [0.05, 0.1) is 4.99 Å². The molecule has 0 aromatic carbocycles. The Hall–Kier alpha value is 0.150. The van der Waals surface area contributed by atoms with Gasteiger partial charge in [-0.3, -0.25) is 0 Å². The molecule has 1 saturated carbocycles. The smallest absolute Gasteiger partial charge is 0.220 e. The van der Waals surface area contributed by atoms with Crippen LogP contribution in [0.15, 0.2) is 0 Å². The van der Waals surface area contributed by atoms with E-state index in [2.05, 4.69) is 11.0 Å². The molecule has 1 rings (SSSR count). The van der Waals surface area contributed by atoms with Crippen molar-refractivity contribution in [1.82, 2.24) is 4.72 Å². The first-order chi connectivity index (χ1) is 7.36. The summed E-state index contributed by atoms with van der Waals surface area (Å²) < 4.78 is 26.4. The van der Waals surface area contributed by atoms with Crippen LogP contribution < -0.4 is 10.5 Å². The maximum Gasteiger partial charge on any atom is 0.220 e. The van der Waals surface area contributed by atoms with Crippen LogP contribution >= 0.6 is 24.0 Å². The summed E-state index contributed by atoms with van der Waals surface area (Å²) in [6, 6.07) is 0.0410. The first-order valence-electron chi connectivity index (χ1n) is 5.20. The molecule has 3 atom stereocenters. The van der Waals surface area contributed by atoms with Gasteiger partial charge in [-0.1, -0.05) is 12.2 Å². The van der Waals surface area contributed by atoms with Gasteiger partial charge in [-0.05, 0) is 32.4 Å². The number of hydrogen-bond acceptors (Lipinski definition) is 4. The van der Waals surface area contributed by atoms with Crippen LogP contribution in [0, 0.1) is 0 Å². The summed E-state index contributed by atoms with van der Waals surface area (Å²) in [5, 5.41) is -0.233. The van der Waals surface area contributed by atoms with E-state index in [1.165, 1.54) is 6.92 Å². The van der Waals surface area contributed by atoms with E-state index in [0.29, 0.717) is 5.25 Å². The summed E-state index contributed by atoms with van der Waals surface area (Å²) in [4.78, 5) is 0.0203. The second-order valence-electron chi connectivity index (χ2n) is 4.08. The topological polar surface area (TPSA) is 72.2 Å². The third kappa shape index (κ3) is 3.58. The molecule has 1 fully saturated rings. The second-order valence-corrected chi connectivity index (χ2v) is 7.72. The van der Waals surface area contributed by atoms with Crippen molar-refractivity contribution in [3.63, 3.8) is 0 Å². The molecule has 94 valence electrons. The van der Waals surface area contributed by atoms with Crippen LogP contribution in [0.4, 0.5) is 0 Å². The third-order valence-electron chi connectivity index (χ3n) is 2.91. The molecule has 0 heterocycles. The van der Waals surface area contributed by atoms with E-state index >= 15 is 0 Å². The van der Waals surface area contributed by atoms with Gasteiger partial charge in [0.1, 0.15) is 5.25 Å². The van der Waals surface area contributed by atoms with E-state index in [1.54, 1.807) is 11.8 Å². The minimum Gasteiger partial charge on any atom is -0.392 e. The van der Waals surface area contributed by atoms with E-state index in [-0.39, 0.29) is 11.0 Å². The number of nitrogens with one attached hydrogen (secondary N) is 1. The first kappa shape index (κ1) is 14.2. The molecule has 0 aliphatic heterocycles. The number of thioether (sulfide) groups is 1. The molecule has 0 bridgehead atoms. The lowest BCUT2D eigenvalue weighted by molar-refractivity contribution is 0.550. The molecule has 0 aromatic heterocycles. The van der Waals surface area contributed by atoms with Crippen LogP contribution in [0.3, 0.4) is 0 Å². The molecular weight excluding hydrogens is 264 g/mol. The highest BCUT2D eigenvalue weighted by Crippen LogP contribution is 2.28. The molecule has 0 saturated heterocycles. The average molecular weight is 282 g/mol. The molecule has 0 spiro atoms. The van der Waals surface area contributed by atoms with Gasteiger partial charge in [0, 0.05) is 11.3 Å². The predicted octanol–water partition coefficient (Wildman–Crippen LogP) is 0.865. The van der Waals surface area contributed by atoms with E-state index in [0.717, 1.165) is 19.3 Å². The Morgan fingerprint density at radius 2 is 2.19 bits per heavy atom. The van der Waals surface area contributed by atoms with E-state index < -0.39 is 15.3 Å². The molecule has 4 nitrogen and oxygen atoms in total. The SMILES string of the molecule is CSC1CCC(NS(=O)(=O)C(C)C(N)=S)C1. The van der Waals surface area contributed by atoms with Crippen LogP contribution in [0.5, 0.6) is 0 Å². The lowest BCUT2D eigenvalue weighted by atomic mass is 10.3. The minimum atomic E-state index is -3.40. The third-order valence-corrected chi connectivity index (χ3v) is 6.36. The monoisotopic (exact) mass is 282 g/mol. The summed E-state index contributed by atoms with van der Waals surface area (Å²) in [7, 11) is -3.40. The molecule has 0 radical (unpaired) electrons. The Balaban J connectivity index is 2.58. The predicted molar refractivity (Wildman–Crippen MR) is 73.2 cm³/mol. The molecule has 0 amide bonds. The summed E-state index contributed by atoms with van der Waals surface area (Å²) in [6.45, 7) is 1.52. The largest absolute Gasteiger partial charge is 0.392 e. The van der Waals surface area contributed by atoms with Crippen LogP contribution in [0.25, 0.3) is 0 Å². The van der Waals surface area contributed by atoms with Crippen molar-refractivity contribution in [2.45, 2.75) is 42.7 Å². The maximum absolute atomic E-state index is 11.8. The Bertz CT molecular complexity index is 356. The fraction of sp³-hybridized carbons (Fsp3) is 0.889. The van der Waals surface area contributed by atoms with Gasteiger partial charge in [-0.25, -0.2) is 13.1 Å². The summed E-state index contributed by atoms with van der Waals surface area (Å²) in [6.07, 6.45) is 4.91. The maximum atomic E-state index is 11.8. The lowest BCUT2D eigenvalue weighted by Crippen LogP contribution is -2.43. The van der Waals surface area contributed by atoms with Gasteiger partial charge in [0.2, 0.25) is 10.0 Å². The van der Waals surface area contributed by atoms with Crippen molar-refractivity contribution >= 4 is 39.0 Å². The van der Waals surface area contributed by atoms with Crippen molar-refractivity contribution in [2.24, 2.45) is 5.73 Å². The van der Waals surface area contributed by atoms with Crippen LogP contribution in [0.2, 0.25) is 0 Å². The fourth-order valence-corrected chi connectivity index (χ4v) is 4.11. The van der Waals surface area contributed by atoms with Crippen LogP contribution in [0.1, 0.15) is 26.2 Å². The van der Waals surface area contributed by atoms with E-state index in [1.807, 2.05) is 0 Å². The zero-order chi connectivity index (χ0) is 12.3. The van der Waals surface area contributed by atoms with Crippen molar-refractivity contribution in [1.29, 1.82) is 0 Å². The second kappa shape index (κ2) is 5.66. The number of sulfonamides is 1. The zero-order valence-electron chi connectivity index (χ0n) is 9.47. The van der Waals surface area contributed by atoms with Gasteiger partial charge < -0.3 is 5.73 Å². The molecule has 0 aromatic rings. The normalized spacial score (nSPS) is 27.9. The average Bonchev–Trinajstić information content (AvgIpc) is 2.63. The Morgan fingerprint density at radius 1 is 1.56 bits per heavy atom. The highest BCUT2D eigenvalue weighted by atomic mass is 32.2. The van der Waals surface area contributed by atoms with Gasteiger partial charge in [-0.2, -0.15) is 11.8 Å². The minimum absolute atomic E-state index is 0.0203. The van der Waals surface area contributed by atoms with Crippen molar-refractivity contribution in [2.75, 3.05) is 6.26 Å². The molecule has 1 aliphatic rings. The Kier molecular flexibility index (Phi) is 5.03. The molecule has 1 aliphatic carbocycles. The van der Waals surface area contributed by atoms with Gasteiger partial charge in [-0.15, -0.1) is 0 Å². The standard InChI is InChI=1S/C9H18N2O2S3/c1-6(9(10)14)16(12,13)11-7-3-4-8(5-7)15-2/h6-8,11H,3-5H2,1-2H3,(H2,10,14). The van der Waals surface area contributed by atoms with Gasteiger partial charge in [0.15, 0.2) is 0 Å². The highest BCUT2D eigenvalue weighted by Gasteiger charge is 2.31. The van der Waals surface area contributed by atoms with Crippen molar-refractivity contribution in [3.05, 3.63) is 0 Å². The molecule has 3 unspecified atom stereocenters.